The van der Waals surface area contributed by atoms with Crippen molar-refractivity contribution in [2.24, 2.45) is 4.99 Å². The molecular weight excluding hydrogens is 347 g/mol. The van der Waals surface area contributed by atoms with Crippen molar-refractivity contribution < 1.29 is 18.7 Å². The number of hydrogen-bond acceptors (Lipinski definition) is 4. The third-order valence-electron chi connectivity index (χ3n) is 5.02. The zero-order valence-electron chi connectivity index (χ0n) is 15.3. The Bertz CT molecular complexity index is 909. The molecule has 0 unspecified atom stereocenters. The van der Waals surface area contributed by atoms with Crippen molar-refractivity contribution in [3.8, 4) is 0 Å². The molecule has 1 fully saturated rings. The number of hydrogen-bond donors (Lipinski definition) is 1. The van der Waals surface area contributed by atoms with Gasteiger partial charge >= 0.3 is 0 Å². The second-order valence-corrected chi connectivity index (χ2v) is 7.45. The predicted octanol–water partition coefficient (Wildman–Crippen LogP) is 3.32. The maximum Gasteiger partial charge on any atom is 0.293 e. The average Bonchev–Trinajstić information content (AvgIpc) is 2.62. The summed E-state index contributed by atoms with van der Waals surface area (Å²) in [5, 5.41) is 2.73. The van der Waals surface area contributed by atoms with Gasteiger partial charge in [-0.05, 0) is 32.0 Å². The molecule has 0 bridgehead atoms. The lowest BCUT2D eigenvalue weighted by molar-refractivity contribution is -0.187. The average molecular weight is 368 g/mol. The third-order valence-corrected chi connectivity index (χ3v) is 5.02. The predicted molar refractivity (Wildman–Crippen MR) is 99.1 cm³/mol. The Balaban J connectivity index is 1.70. The van der Waals surface area contributed by atoms with Gasteiger partial charge in [0.05, 0.1) is 18.8 Å². The largest absolute Gasteiger partial charge is 0.453 e. The topological polar surface area (TPSA) is 59.9 Å². The van der Waals surface area contributed by atoms with Crippen molar-refractivity contribution in [1.82, 2.24) is 5.32 Å². The van der Waals surface area contributed by atoms with Gasteiger partial charge in [0.2, 0.25) is 0 Å². The molecule has 2 aromatic carbocycles. The molecular formula is C21H21FN2O3. The van der Waals surface area contributed by atoms with E-state index in [-0.39, 0.29) is 17.7 Å². The molecule has 0 saturated carbocycles. The van der Waals surface area contributed by atoms with Crippen molar-refractivity contribution in [3.05, 3.63) is 71.0 Å². The number of amides is 1. The summed E-state index contributed by atoms with van der Waals surface area (Å²) in [4.78, 5) is 17.1. The van der Waals surface area contributed by atoms with E-state index in [9.17, 15) is 9.18 Å². The number of halogens is 1. The number of ether oxygens (including phenoxy) is 2. The van der Waals surface area contributed by atoms with Crippen LogP contribution in [-0.4, -0.2) is 30.7 Å². The molecule has 2 aliphatic heterocycles. The Morgan fingerprint density at radius 1 is 1.19 bits per heavy atom. The molecule has 1 amide bonds. The minimum atomic E-state index is -0.864. The van der Waals surface area contributed by atoms with Gasteiger partial charge in [-0.1, -0.05) is 35.9 Å². The monoisotopic (exact) mass is 368 g/mol. The van der Waals surface area contributed by atoms with E-state index in [4.69, 9.17) is 9.47 Å². The van der Waals surface area contributed by atoms with Crippen LogP contribution in [0.2, 0.25) is 0 Å². The zero-order chi connectivity index (χ0) is 19.1. The van der Waals surface area contributed by atoms with Crippen molar-refractivity contribution in [1.29, 1.82) is 0 Å². The SMILES string of the molecule is Cc1ccc(F)c([C@]2(C)CC3(COC3)OC(NC(=O)c3ccccc3)=N2)c1. The Labute approximate surface area is 157 Å². The van der Waals surface area contributed by atoms with Crippen LogP contribution < -0.4 is 5.32 Å². The molecule has 27 heavy (non-hydrogen) atoms. The molecule has 1 spiro atoms. The van der Waals surface area contributed by atoms with Crippen LogP contribution in [0.25, 0.3) is 0 Å². The van der Waals surface area contributed by atoms with Crippen LogP contribution in [0.3, 0.4) is 0 Å². The molecule has 0 aromatic heterocycles. The standard InChI is InChI=1S/C21H21FN2O3/c1-14-8-9-17(22)16(10-14)20(2)11-21(12-26-13-21)27-19(24-20)23-18(25)15-6-4-3-5-7-15/h3-10H,11-13H2,1-2H3,(H,23,24,25)/t20-/m0/s1. The number of rotatable bonds is 2. The summed E-state index contributed by atoms with van der Waals surface area (Å²) < 4.78 is 25.9. The van der Waals surface area contributed by atoms with Crippen LogP contribution in [-0.2, 0) is 15.0 Å². The van der Waals surface area contributed by atoms with Gasteiger partial charge in [0.25, 0.3) is 11.9 Å². The van der Waals surface area contributed by atoms with Gasteiger partial charge in [-0.3, -0.25) is 10.1 Å². The Morgan fingerprint density at radius 3 is 2.59 bits per heavy atom. The third kappa shape index (κ3) is 3.32. The molecule has 2 aliphatic rings. The maximum absolute atomic E-state index is 14.6. The first-order chi connectivity index (χ1) is 12.9. The summed E-state index contributed by atoms with van der Waals surface area (Å²) >= 11 is 0. The number of benzene rings is 2. The molecule has 5 nitrogen and oxygen atoms in total. The molecule has 0 radical (unpaired) electrons. The number of aryl methyl sites for hydroxylation is 1. The number of nitrogens with one attached hydrogen (secondary N) is 1. The van der Waals surface area contributed by atoms with Gasteiger partial charge < -0.3 is 9.47 Å². The highest BCUT2D eigenvalue weighted by molar-refractivity contribution is 6.04. The van der Waals surface area contributed by atoms with E-state index < -0.39 is 11.1 Å². The van der Waals surface area contributed by atoms with Crippen molar-refractivity contribution in [2.45, 2.75) is 31.4 Å². The lowest BCUT2D eigenvalue weighted by Gasteiger charge is -2.48. The number of nitrogens with zero attached hydrogens (tertiary/aromatic N) is 1. The zero-order valence-corrected chi connectivity index (χ0v) is 15.3. The number of carbonyl (C=O) groups is 1. The molecule has 2 heterocycles. The fourth-order valence-corrected chi connectivity index (χ4v) is 3.67. The van der Waals surface area contributed by atoms with Crippen LogP contribution in [0, 0.1) is 12.7 Å². The second kappa shape index (κ2) is 6.46. The number of amidine groups is 1. The summed E-state index contributed by atoms with van der Waals surface area (Å²) in [5.74, 6) is -0.642. The lowest BCUT2D eigenvalue weighted by Crippen LogP contribution is -2.60. The minimum absolute atomic E-state index is 0.0989. The number of aliphatic imine (C=N–C) groups is 1. The smallest absolute Gasteiger partial charge is 0.293 e. The first-order valence-electron chi connectivity index (χ1n) is 8.89. The van der Waals surface area contributed by atoms with E-state index in [1.54, 1.807) is 36.4 Å². The van der Waals surface area contributed by atoms with Gasteiger partial charge in [-0.2, -0.15) is 0 Å². The minimum Gasteiger partial charge on any atom is -0.453 e. The second-order valence-electron chi connectivity index (χ2n) is 7.45. The summed E-state index contributed by atoms with van der Waals surface area (Å²) in [6.07, 6.45) is 0.477. The Morgan fingerprint density at radius 2 is 1.93 bits per heavy atom. The highest BCUT2D eigenvalue weighted by Crippen LogP contribution is 2.43. The van der Waals surface area contributed by atoms with Gasteiger partial charge in [0.1, 0.15) is 5.82 Å². The van der Waals surface area contributed by atoms with E-state index in [0.29, 0.717) is 30.8 Å². The first-order valence-corrected chi connectivity index (χ1v) is 8.89. The van der Waals surface area contributed by atoms with Crippen LogP contribution >= 0.6 is 0 Å². The molecule has 140 valence electrons. The van der Waals surface area contributed by atoms with Crippen molar-refractivity contribution in [2.75, 3.05) is 13.2 Å². The highest BCUT2D eigenvalue weighted by Gasteiger charge is 2.52. The molecule has 6 heteroatoms. The van der Waals surface area contributed by atoms with Gasteiger partial charge in [-0.15, -0.1) is 0 Å². The van der Waals surface area contributed by atoms with E-state index in [1.165, 1.54) is 6.07 Å². The van der Waals surface area contributed by atoms with Crippen LogP contribution in [0.5, 0.6) is 0 Å². The first kappa shape index (κ1) is 17.7. The van der Waals surface area contributed by atoms with E-state index in [1.807, 2.05) is 19.9 Å². The van der Waals surface area contributed by atoms with Crippen LogP contribution in [0.1, 0.15) is 34.8 Å². The highest BCUT2D eigenvalue weighted by atomic mass is 19.1. The van der Waals surface area contributed by atoms with Crippen molar-refractivity contribution in [3.63, 3.8) is 0 Å². The Kier molecular flexibility index (Phi) is 4.23. The van der Waals surface area contributed by atoms with Crippen LogP contribution in [0.15, 0.2) is 53.5 Å². The lowest BCUT2D eigenvalue weighted by atomic mass is 9.78. The van der Waals surface area contributed by atoms with E-state index >= 15 is 0 Å². The Hall–Kier alpha value is -2.73. The van der Waals surface area contributed by atoms with E-state index in [0.717, 1.165) is 5.56 Å². The fraction of sp³-hybridized carbons (Fsp3) is 0.333. The molecule has 1 saturated heterocycles. The molecule has 2 aromatic rings. The van der Waals surface area contributed by atoms with E-state index in [2.05, 4.69) is 10.3 Å². The molecule has 4 rings (SSSR count). The number of carbonyl (C=O) groups excluding carboxylic acids is 1. The van der Waals surface area contributed by atoms with Gasteiger partial charge in [0, 0.05) is 17.5 Å². The quantitative estimate of drug-likeness (QED) is 0.885. The van der Waals surface area contributed by atoms with Crippen molar-refractivity contribution >= 4 is 11.9 Å². The van der Waals surface area contributed by atoms with Gasteiger partial charge in [0.15, 0.2) is 5.60 Å². The fourth-order valence-electron chi connectivity index (χ4n) is 3.67. The van der Waals surface area contributed by atoms with Crippen LogP contribution in [0.4, 0.5) is 4.39 Å². The molecule has 0 aliphatic carbocycles. The molecule has 1 N–H and O–H groups in total. The normalized spacial score (nSPS) is 23.1. The summed E-state index contributed by atoms with van der Waals surface area (Å²) in [6.45, 7) is 4.55. The summed E-state index contributed by atoms with van der Waals surface area (Å²) in [5.41, 5.74) is 0.465. The maximum atomic E-state index is 14.6. The van der Waals surface area contributed by atoms with Gasteiger partial charge in [-0.25, -0.2) is 9.38 Å². The summed E-state index contributed by atoms with van der Waals surface area (Å²) in [7, 11) is 0. The molecule has 1 atom stereocenters. The summed E-state index contributed by atoms with van der Waals surface area (Å²) in [6, 6.07) is 13.9.